The fourth-order valence-electron chi connectivity index (χ4n) is 2.07. The molecular weight excluding hydrogens is 272 g/mol. The average Bonchev–Trinajstić information content (AvgIpc) is 2.59. The van der Waals surface area contributed by atoms with Crippen LogP contribution in [-0.4, -0.2) is 5.84 Å². The van der Waals surface area contributed by atoms with E-state index in [4.69, 9.17) is 11.5 Å². The van der Waals surface area contributed by atoms with Crippen LogP contribution in [0.1, 0.15) is 29.2 Å². The molecular formula is C18H24N4. The van der Waals surface area contributed by atoms with E-state index in [0.717, 1.165) is 23.5 Å². The standard InChI is InChI=1S/C18H24N4/c1-14(21-12-17-6-2-15(10-19)3-7-17)22-13-18-8-4-16(11-20)5-9-18/h2-9H,10-13,19-20H2,1H3,(H,21,22). The van der Waals surface area contributed by atoms with Gasteiger partial charge in [-0.1, -0.05) is 48.5 Å². The molecule has 4 nitrogen and oxygen atoms in total. The van der Waals surface area contributed by atoms with E-state index >= 15 is 0 Å². The minimum atomic E-state index is 0.576. The Hall–Kier alpha value is -2.17. The van der Waals surface area contributed by atoms with E-state index in [9.17, 15) is 0 Å². The van der Waals surface area contributed by atoms with Gasteiger partial charge in [-0.2, -0.15) is 0 Å². The molecule has 0 saturated carbocycles. The highest BCUT2D eigenvalue weighted by Gasteiger charge is 1.96. The van der Waals surface area contributed by atoms with Crippen molar-refractivity contribution in [1.29, 1.82) is 0 Å². The summed E-state index contributed by atoms with van der Waals surface area (Å²) in [6, 6.07) is 16.5. The number of rotatable bonds is 6. The second-order valence-corrected chi connectivity index (χ2v) is 5.30. The number of hydrogen-bond donors (Lipinski definition) is 3. The summed E-state index contributed by atoms with van der Waals surface area (Å²) < 4.78 is 0. The lowest BCUT2D eigenvalue weighted by molar-refractivity contribution is 0.888. The Labute approximate surface area is 132 Å². The molecule has 0 fully saturated rings. The fourth-order valence-corrected chi connectivity index (χ4v) is 2.07. The summed E-state index contributed by atoms with van der Waals surface area (Å²) in [4.78, 5) is 4.55. The lowest BCUT2D eigenvalue weighted by Gasteiger charge is -2.07. The van der Waals surface area contributed by atoms with Gasteiger partial charge in [0.2, 0.25) is 0 Å². The van der Waals surface area contributed by atoms with Crippen molar-refractivity contribution in [3.8, 4) is 0 Å². The van der Waals surface area contributed by atoms with Gasteiger partial charge < -0.3 is 16.8 Å². The van der Waals surface area contributed by atoms with Gasteiger partial charge in [-0.25, -0.2) is 0 Å². The molecule has 0 radical (unpaired) electrons. The van der Waals surface area contributed by atoms with Gasteiger partial charge in [-0.05, 0) is 29.2 Å². The highest BCUT2D eigenvalue weighted by molar-refractivity contribution is 5.79. The van der Waals surface area contributed by atoms with Gasteiger partial charge in [0.05, 0.1) is 12.4 Å². The molecule has 2 aromatic rings. The van der Waals surface area contributed by atoms with Crippen molar-refractivity contribution in [3.63, 3.8) is 0 Å². The third kappa shape index (κ3) is 4.98. The van der Waals surface area contributed by atoms with Crippen LogP contribution in [0.4, 0.5) is 0 Å². The van der Waals surface area contributed by atoms with Crippen LogP contribution in [-0.2, 0) is 26.2 Å². The predicted octanol–water partition coefficient (Wildman–Crippen LogP) is 2.31. The number of nitrogens with one attached hydrogen (secondary N) is 1. The van der Waals surface area contributed by atoms with Gasteiger partial charge in [0.25, 0.3) is 0 Å². The molecule has 0 atom stereocenters. The van der Waals surface area contributed by atoms with Crippen LogP contribution in [0.2, 0.25) is 0 Å². The van der Waals surface area contributed by atoms with Crippen molar-refractivity contribution >= 4 is 5.84 Å². The summed E-state index contributed by atoms with van der Waals surface area (Å²) in [5.41, 5.74) is 15.9. The topological polar surface area (TPSA) is 76.4 Å². The minimum absolute atomic E-state index is 0.576. The Morgan fingerprint density at radius 1 is 0.818 bits per heavy atom. The summed E-state index contributed by atoms with van der Waals surface area (Å²) in [6.45, 7) is 4.59. The number of hydrogen-bond acceptors (Lipinski definition) is 3. The van der Waals surface area contributed by atoms with Crippen molar-refractivity contribution < 1.29 is 0 Å². The smallest absolute Gasteiger partial charge is 0.0938 e. The SMILES string of the molecule is CC(=NCc1ccc(CN)cc1)NCc1ccc(CN)cc1. The molecule has 2 rings (SSSR count). The van der Waals surface area contributed by atoms with E-state index in [0.29, 0.717) is 19.6 Å². The normalized spacial score (nSPS) is 11.5. The second kappa shape index (κ2) is 8.32. The molecule has 116 valence electrons. The maximum absolute atomic E-state index is 5.59. The first-order valence-electron chi connectivity index (χ1n) is 7.52. The van der Waals surface area contributed by atoms with Crippen LogP contribution >= 0.6 is 0 Å². The van der Waals surface area contributed by atoms with Crippen LogP contribution < -0.4 is 16.8 Å². The molecule has 0 aliphatic heterocycles. The Kier molecular flexibility index (Phi) is 6.13. The van der Waals surface area contributed by atoms with E-state index in [1.54, 1.807) is 0 Å². The van der Waals surface area contributed by atoms with Crippen LogP contribution in [0.5, 0.6) is 0 Å². The number of benzene rings is 2. The first-order valence-corrected chi connectivity index (χ1v) is 7.52. The molecule has 0 aliphatic rings. The Morgan fingerprint density at radius 3 is 1.77 bits per heavy atom. The van der Waals surface area contributed by atoms with Crippen LogP contribution in [0.15, 0.2) is 53.5 Å². The summed E-state index contributed by atoms with van der Waals surface area (Å²) in [6.07, 6.45) is 0. The molecule has 0 aliphatic carbocycles. The van der Waals surface area contributed by atoms with E-state index in [1.165, 1.54) is 11.1 Å². The molecule has 0 saturated heterocycles. The van der Waals surface area contributed by atoms with Gasteiger partial charge in [-0.3, -0.25) is 4.99 Å². The quantitative estimate of drug-likeness (QED) is 0.565. The molecule has 0 bridgehead atoms. The third-order valence-electron chi connectivity index (χ3n) is 3.56. The molecule has 2 aromatic carbocycles. The largest absolute Gasteiger partial charge is 0.370 e. The highest BCUT2D eigenvalue weighted by atomic mass is 15.0. The third-order valence-corrected chi connectivity index (χ3v) is 3.56. The van der Waals surface area contributed by atoms with Crippen molar-refractivity contribution in [2.24, 2.45) is 16.5 Å². The van der Waals surface area contributed by atoms with E-state index in [1.807, 2.05) is 19.1 Å². The lowest BCUT2D eigenvalue weighted by atomic mass is 10.1. The maximum atomic E-state index is 5.59. The first kappa shape index (κ1) is 16.2. The molecule has 0 unspecified atom stereocenters. The number of nitrogens with zero attached hydrogens (tertiary/aromatic N) is 1. The number of aliphatic imine (C=N–C) groups is 1. The number of amidine groups is 1. The summed E-state index contributed by atoms with van der Waals surface area (Å²) >= 11 is 0. The van der Waals surface area contributed by atoms with Crippen LogP contribution in [0.3, 0.4) is 0 Å². The maximum Gasteiger partial charge on any atom is 0.0938 e. The van der Waals surface area contributed by atoms with Crippen molar-refractivity contribution in [2.75, 3.05) is 0 Å². The van der Waals surface area contributed by atoms with Gasteiger partial charge >= 0.3 is 0 Å². The molecule has 0 spiro atoms. The van der Waals surface area contributed by atoms with Gasteiger partial charge in [0.1, 0.15) is 0 Å². The van der Waals surface area contributed by atoms with E-state index in [2.05, 4.69) is 46.7 Å². The summed E-state index contributed by atoms with van der Waals surface area (Å²) in [5.74, 6) is 0.936. The number of nitrogens with two attached hydrogens (primary N) is 2. The Balaban J connectivity index is 1.83. The Morgan fingerprint density at radius 2 is 1.27 bits per heavy atom. The second-order valence-electron chi connectivity index (χ2n) is 5.30. The fraction of sp³-hybridized carbons (Fsp3) is 0.278. The predicted molar refractivity (Wildman–Crippen MR) is 92.3 cm³/mol. The molecule has 4 heteroatoms. The average molecular weight is 296 g/mol. The van der Waals surface area contributed by atoms with Gasteiger partial charge in [0, 0.05) is 19.6 Å². The molecule has 0 heterocycles. The Bertz CT molecular complexity index is 600. The molecule has 0 aromatic heterocycles. The first-order chi connectivity index (χ1) is 10.7. The van der Waals surface area contributed by atoms with Crippen LogP contribution in [0.25, 0.3) is 0 Å². The van der Waals surface area contributed by atoms with E-state index in [-0.39, 0.29) is 0 Å². The van der Waals surface area contributed by atoms with Gasteiger partial charge in [-0.15, -0.1) is 0 Å². The van der Waals surface area contributed by atoms with Crippen LogP contribution in [0, 0.1) is 0 Å². The lowest BCUT2D eigenvalue weighted by Crippen LogP contribution is -2.19. The minimum Gasteiger partial charge on any atom is -0.370 e. The highest BCUT2D eigenvalue weighted by Crippen LogP contribution is 2.06. The van der Waals surface area contributed by atoms with Crippen molar-refractivity contribution in [1.82, 2.24) is 5.32 Å². The zero-order valence-electron chi connectivity index (χ0n) is 13.0. The zero-order valence-corrected chi connectivity index (χ0v) is 13.0. The van der Waals surface area contributed by atoms with Crippen molar-refractivity contribution in [2.45, 2.75) is 33.1 Å². The summed E-state index contributed by atoms with van der Waals surface area (Å²) in [7, 11) is 0. The molecule has 22 heavy (non-hydrogen) atoms. The van der Waals surface area contributed by atoms with Crippen molar-refractivity contribution in [3.05, 3.63) is 70.8 Å². The van der Waals surface area contributed by atoms with Gasteiger partial charge in [0.15, 0.2) is 0 Å². The summed E-state index contributed by atoms with van der Waals surface area (Å²) in [5, 5.41) is 3.33. The zero-order chi connectivity index (χ0) is 15.8. The van der Waals surface area contributed by atoms with E-state index < -0.39 is 0 Å². The molecule has 5 N–H and O–H groups in total. The molecule has 0 amide bonds. The monoisotopic (exact) mass is 296 g/mol.